The molecule has 0 aliphatic heterocycles. The van der Waals surface area contributed by atoms with Crippen LogP contribution in [0.3, 0.4) is 0 Å². The van der Waals surface area contributed by atoms with Crippen LogP contribution in [0.5, 0.6) is 5.88 Å². The Labute approximate surface area is 135 Å². The molecule has 0 unspecified atom stereocenters. The summed E-state index contributed by atoms with van der Waals surface area (Å²) in [7, 11) is 0. The van der Waals surface area contributed by atoms with E-state index in [9.17, 15) is 0 Å². The fourth-order valence-corrected chi connectivity index (χ4v) is 2.19. The fraction of sp³-hybridized carbons (Fsp3) is 0.143. The molecule has 0 radical (unpaired) electrons. The monoisotopic (exact) mass is 323 g/mol. The van der Waals surface area contributed by atoms with E-state index >= 15 is 0 Å². The Bertz CT molecular complexity index is 992. The van der Waals surface area contributed by atoms with Crippen LogP contribution in [0.25, 0.3) is 16.9 Å². The minimum atomic E-state index is 0.0658. The van der Waals surface area contributed by atoms with Crippen LogP contribution in [0.15, 0.2) is 30.3 Å². The number of anilines is 1. The van der Waals surface area contributed by atoms with Gasteiger partial charge in [-0.2, -0.15) is 25.1 Å². The molecule has 10 nitrogen and oxygen atoms in total. The second kappa shape index (κ2) is 5.57. The van der Waals surface area contributed by atoms with Gasteiger partial charge in [0.1, 0.15) is 12.3 Å². The number of para-hydroxylation sites is 1. The quantitative estimate of drug-likeness (QED) is 0.563. The number of nitrogen functional groups attached to an aromatic ring is 1. The number of nitrogens with one attached hydrogen (secondary N) is 1. The molecule has 0 fully saturated rings. The second-order valence-corrected chi connectivity index (χ2v) is 5.03. The lowest BCUT2D eigenvalue weighted by Gasteiger charge is -2.04. The molecule has 10 heteroatoms. The van der Waals surface area contributed by atoms with Crippen LogP contribution in [0.2, 0.25) is 0 Å². The first-order valence-corrected chi connectivity index (χ1v) is 7.16. The van der Waals surface area contributed by atoms with Crippen LogP contribution in [0.1, 0.15) is 11.4 Å². The van der Waals surface area contributed by atoms with Crippen LogP contribution in [0, 0.1) is 6.92 Å². The maximum absolute atomic E-state index is 5.71. The van der Waals surface area contributed by atoms with Crippen LogP contribution in [-0.4, -0.2) is 40.4 Å². The van der Waals surface area contributed by atoms with Crippen molar-refractivity contribution >= 4 is 17.1 Å². The Morgan fingerprint density at radius 3 is 2.79 bits per heavy atom. The Hall–Kier alpha value is -3.56. The highest BCUT2D eigenvalue weighted by molar-refractivity contribution is 5.75. The Morgan fingerprint density at radius 1 is 1.12 bits per heavy atom. The topological polar surface area (TPSA) is 133 Å². The molecule has 4 rings (SSSR count). The van der Waals surface area contributed by atoms with E-state index in [1.165, 1.54) is 0 Å². The fourth-order valence-electron chi connectivity index (χ4n) is 2.19. The highest BCUT2D eigenvalue weighted by Gasteiger charge is 2.14. The first kappa shape index (κ1) is 14.1. The molecule has 3 heterocycles. The molecule has 0 saturated carbocycles. The zero-order valence-corrected chi connectivity index (χ0v) is 12.7. The molecule has 0 atom stereocenters. The minimum absolute atomic E-state index is 0.0658. The molecule has 4 aromatic rings. The Morgan fingerprint density at radius 2 is 1.96 bits per heavy atom. The maximum Gasteiger partial charge on any atom is 0.249 e. The molecule has 0 aliphatic rings. The van der Waals surface area contributed by atoms with Crippen LogP contribution in [0.4, 0.5) is 5.95 Å². The molecule has 0 bridgehead atoms. The number of aromatic nitrogens is 8. The standard InChI is InChI=1S/C14H13N9O/c1-8-10(21-23(20-8)9-5-3-2-4-6-9)7-24-13-11-12(19-22-18-11)16-14(15)17-13/h2-6H,7H2,1H3,(H3,15,16,17,18,19,22). The van der Waals surface area contributed by atoms with Gasteiger partial charge in [-0.15, -0.1) is 15.3 Å². The van der Waals surface area contributed by atoms with Gasteiger partial charge < -0.3 is 10.5 Å². The zero-order chi connectivity index (χ0) is 16.5. The van der Waals surface area contributed by atoms with Gasteiger partial charge in [0, 0.05) is 0 Å². The molecular weight excluding hydrogens is 310 g/mol. The maximum atomic E-state index is 5.71. The van der Waals surface area contributed by atoms with Crippen LogP contribution >= 0.6 is 0 Å². The third-order valence-corrected chi connectivity index (χ3v) is 3.38. The van der Waals surface area contributed by atoms with E-state index in [1.54, 1.807) is 4.80 Å². The number of rotatable bonds is 4. The number of hydrogen-bond acceptors (Lipinski definition) is 8. The molecule has 0 aliphatic carbocycles. The highest BCUT2D eigenvalue weighted by atomic mass is 16.5. The summed E-state index contributed by atoms with van der Waals surface area (Å²) in [6, 6.07) is 9.64. The number of hydrogen-bond donors (Lipinski definition) is 2. The molecule has 0 amide bonds. The van der Waals surface area contributed by atoms with Crippen LogP contribution < -0.4 is 10.5 Å². The lowest BCUT2D eigenvalue weighted by atomic mass is 10.3. The van der Waals surface area contributed by atoms with E-state index in [0.29, 0.717) is 16.9 Å². The number of H-pyrrole nitrogens is 1. The van der Waals surface area contributed by atoms with Crippen molar-refractivity contribution in [3.05, 3.63) is 41.7 Å². The summed E-state index contributed by atoms with van der Waals surface area (Å²) in [5.74, 6) is 0.316. The molecule has 3 aromatic heterocycles. The van der Waals surface area contributed by atoms with E-state index in [2.05, 4.69) is 35.6 Å². The van der Waals surface area contributed by atoms with E-state index in [1.807, 2.05) is 37.3 Å². The lowest BCUT2D eigenvalue weighted by molar-refractivity contribution is 0.291. The number of fused-ring (bicyclic) bond motifs is 1. The first-order chi connectivity index (χ1) is 11.7. The van der Waals surface area contributed by atoms with Gasteiger partial charge >= 0.3 is 0 Å². The largest absolute Gasteiger partial charge is 0.469 e. The van der Waals surface area contributed by atoms with Crippen molar-refractivity contribution in [1.29, 1.82) is 0 Å². The average Bonchev–Trinajstić information content (AvgIpc) is 3.20. The van der Waals surface area contributed by atoms with E-state index < -0.39 is 0 Å². The van der Waals surface area contributed by atoms with Gasteiger partial charge in [0.25, 0.3) is 0 Å². The van der Waals surface area contributed by atoms with Gasteiger partial charge in [-0.1, -0.05) is 18.2 Å². The number of nitrogens with two attached hydrogens (primary N) is 1. The van der Waals surface area contributed by atoms with Gasteiger partial charge in [-0.3, -0.25) is 0 Å². The van der Waals surface area contributed by atoms with E-state index in [4.69, 9.17) is 10.5 Å². The normalized spacial score (nSPS) is 11.0. The summed E-state index contributed by atoms with van der Waals surface area (Å²) < 4.78 is 5.71. The summed E-state index contributed by atoms with van der Waals surface area (Å²) in [4.78, 5) is 9.58. The van der Waals surface area contributed by atoms with Crippen molar-refractivity contribution in [3.8, 4) is 11.6 Å². The van der Waals surface area contributed by atoms with Crippen LogP contribution in [-0.2, 0) is 6.61 Å². The summed E-state index contributed by atoms with van der Waals surface area (Å²) in [5, 5.41) is 19.2. The smallest absolute Gasteiger partial charge is 0.249 e. The van der Waals surface area contributed by atoms with E-state index in [-0.39, 0.29) is 18.4 Å². The zero-order valence-electron chi connectivity index (χ0n) is 12.7. The minimum Gasteiger partial charge on any atom is -0.469 e. The van der Waals surface area contributed by atoms with Crippen molar-refractivity contribution in [2.75, 3.05) is 5.73 Å². The number of nitrogens with zero attached hydrogens (tertiary/aromatic N) is 7. The van der Waals surface area contributed by atoms with Gasteiger partial charge in [0.15, 0.2) is 5.52 Å². The molecule has 0 spiro atoms. The van der Waals surface area contributed by atoms with Gasteiger partial charge in [-0.25, -0.2) is 0 Å². The number of aryl methyl sites for hydroxylation is 1. The first-order valence-electron chi connectivity index (χ1n) is 7.16. The summed E-state index contributed by atoms with van der Waals surface area (Å²) in [5.41, 5.74) is 8.73. The third-order valence-electron chi connectivity index (χ3n) is 3.38. The number of benzene rings is 1. The summed E-state index contributed by atoms with van der Waals surface area (Å²) >= 11 is 0. The molecule has 24 heavy (non-hydrogen) atoms. The third kappa shape index (κ3) is 2.49. The Balaban J connectivity index is 1.60. The lowest BCUT2D eigenvalue weighted by Crippen LogP contribution is -2.04. The average molecular weight is 323 g/mol. The number of aromatic amines is 1. The van der Waals surface area contributed by atoms with Crippen molar-refractivity contribution < 1.29 is 4.74 Å². The van der Waals surface area contributed by atoms with Gasteiger partial charge in [0.2, 0.25) is 17.5 Å². The molecule has 3 N–H and O–H groups in total. The summed E-state index contributed by atoms with van der Waals surface area (Å²) in [6.07, 6.45) is 0. The molecular formula is C14H13N9O. The van der Waals surface area contributed by atoms with Gasteiger partial charge in [0.05, 0.1) is 11.4 Å². The Kier molecular flexibility index (Phi) is 3.26. The number of ether oxygens (including phenoxy) is 1. The van der Waals surface area contributed by atoms with E-state index in [0.717, 1.165) is 11.4 Å². The highest BCUT2D eigenvalue weighted by Crippen LogP contribution is 2.20. The predicted octanol–water partition coefficient (Wildman–Crippen LogP) is 0.798. The SMILES string of the molecule is Cc1nn(-c2ccccc2)nc1COc1nc(N)nc2n[nH]nc12. The second-order valence-electron chi connectivity index (χ2n) is 5.03. The van der Waals surface area contributed by atoms with Crippen molar-refractivity contribution in [2.45, 2.75) is 13.5 Å². The summed E-state index contributed by atoms with van der Waals surface area (Å²) in [6.45, 7) is 2.04. The molecule has 0 saturated heterocycles. The van der Waals surface area contributed by atoms with Gasteiger partial charge in [-0.05, 0) is 19.1 Å². The van der Waals surface area contributed by atoms with Crippen molar-refractivity contribution in [1.82, 2.24) is 40.4 Å². The molecule has 1 aromatic carbocycles. The van der Waals surface area contributed by atoms with Crippen molar-refractivity contribution in [2.24, 2.45) is 0 Å². The predicted molar refractivity (Wildman–Crippen MR) is 84.3 cm³/mol. The molecule has 120 valence electrons. The van der Waals surface area contributed by atoms with Crippen molar-refractivity contribution in [3.63, 3.8) is 0 Å².